The number of nitrogens with two attached hydrogens (primary N) is 1. The monoisotopic (exact) mass is 374 g/mol. The summed E-state index contributed by atoms with van der Waals surface area (Å²) >= 11 is 2.97. The molecule has 3 N–H and O–H groups in total. The Hall–Kier alpha value is -1.80. The first-order chi connectivity index (χ1) is 9.83. The lowest BCUT2D eigenvalue weighted by Crippen LogP contribution is -2.13. The number of ether oxygens (including phenoxy) is 1. The summed E-state index contributed by atoms with van der Waals surface area (Å²) < 4.78 is 45.4. The molecule has 0 unspecified atom stereocenters. The van der Waals surface area contributed by atoms with Crippen LogP contribution in [-0.4, -0.2) is 15.5 Å². The Morgan fingerprint density at radius 2 is 1.95 bits per heavy atom. The summed E-state index contributed by atoms with van der Waals surface area (Å²) in [5.74, 6) is -0.315. The number of hydrogen-bond donors (Lipinski definition) is 2. The van der Waals surface area contributed by atoms with E-state index in [-0.39, 0.29) is 15.1 Å². The van der Waals surface area contributed by atoms with Gasteiger partial charge in [-0.25, -0.2) is 12.8 Å². The van der Waals surface area contributed by atoms with Gasteiger partial charge < -0.3 is 10.5 Å². The van der Waals surface area contributed by atoms with Crippen LogP contribution in [0.15, 0.2) is 45.8 Å². The molecule has 0 aliphatic rings. The zero-order valence-corrected chi connectivity index (χ0v) is 13.3. The zero-order chi connectivity index (χ0) is 15.6. The minimum atomic E-state index is -3.90. The van der Waals surface area contributed by atoms with Crippen LogP contribution >= 0.6 is 15.9 Å². The van der Waals surface area contributed by atoms with Crippen molar-refractivity contribution in [3.05, 3.63) is 46.7 Å². The first kappa shape index (κ1) is 15.6. The van der Waals surface area contributed by atoms with Crippen molar-refractivity contribution in [2.75, 3.05) is 17.6 Å². The summed E-state index contributed by atoms with van der Waals surface area (Å²) in [6, 6.07) is 8.00. The highest BCUT2D eigenvalue weighted by atomic mass is 79.9. The Labute approximate surface area is 130 Å². The number of nitrogens with one attached hydrogen (secondary N) is 1. The Bertz CT molecular complexity index is 781. The molecule has 0 aromatic heterocycles. The SMILES string of the molecule is COc1cc(NS(=O)(=O)c2ccc(Br)c(F)c2)ccc1N. The summed E-state index contributed by atoms with van der Waals surface area (Å²) in [4.78, 5) is -0.181. The van der Waals surface area contributed by atoms with E-state index in [2.05, 4.69) is 20.7 Å². The Kier molecular flexibility index (Phi) is 4.38. The molecule has 0 spiro atoms. The predicted octanol–water partition coefficient (Wildman–Crippen LogP) is 2.98. The molecule has 2 aromatic carbocycles. The number of benzene rings is 2. The first-order valence-electron chi connectivity index (χ1n) is 5.75. The van der Waals surface area contributed by atoms with Crippen molar-refractivity contribution < 1.29 is 17.5 Å². The van der Waals surface area contributed by atoms with Crippen LogP contribution in [0.3, 0.4) is 0 Å². The number of sulfonamides is 1. The van der Waals surface area contributed by atoms with Crippen LogP contribution in [0.5, 0.6) is 5.75 Å². The van der Waals surface area contributed by atoms with Gasteiger partial charge in [0.2, 0.25) is 0 Å². The standard InChI is InChI=1S/C13H12BrFN2O3S/c1-20-13-6-8(2-5-12(13)16)17-21(18,19)9-3-4-10(14)11(15)7-9/h2-7,17H,16H2,1H3. The molecule has 21 heavy (non-hydrogen) atoms. The maximum Gasteiger partial charge on any atom is 0.261 e. The van der Waals surface area contributed by atoms with E-state index in [1.807, 2.05) is 0 Å². The summed E-state index contributed by atoms with van der Waals surface area (Å²) in [5.41, 5.74) is 6.31. The van der Waals surface area contributed by atoms with Gasteiger partial charge in [-0.1, -0.05) is 0 Å². The van der Waals surface area contributed by atoms with Crippen LogP contribution in [-0.2, 0) is 10.0 Å². The molecule has 0 heterocycles. The van der Waals surface area contributed by atoms with E-state index < -0.39 is 15.8 Å². The van der Waals surface area contributed by atoms with Gasteiger partial charge in [0, 0.05) is 6.07 Å². The van der Waals surface area contributed by atoms with E-state index in [0.717, 1.165) is 6.07 Å². The van der Waals surface area contributed by atoms with Crippen LogP contribution < -0.4 is 15.2 Å². The number of methoxy groups -OCH3 is 1. The molecule has 5 nitrogen and oxygen atoms in total. The molecule has 0 aliphatic heterocycles. The highest BCUT2D eigenvalue weighted by Gasteiger charge is 2.16. The quantitative estimate of drug-likeness (QED) is 0.806. The lowest BCUT2D eigenvalue weighted by Gasteiger charge is -2.11. The van der Waals surface area contributed by atoms with Gasteiger partial charge in [0.1, 0.15) is 11.6 Å². The van der Waals surface area contributed by atoms with Crippen molar-refractivity contribution in [3.8, 4) is 5.75 Å². The molecular weight excluding hydrogens is 363 g/mol. The third-order valence-electron chi connectivity index (χ3n) is 2.69. The number of anilines is 2. The van der Waals surface area contributed by atoms with E-state index in [4.69, 9.17) is 10.5 Å². The smallest absolute Gasteiger partial charge is 0.261 e. The second-order valence-electron chi connectivity index (χ2n) is 4.14. The number of rotatable bonds is 4. The van der Waals surface area contributed by atoms with Crippen molar-refractivity contribution in [1.82, 2.24) is 0 Å². The number of hydrogen-bond acceptors (Lipinski definition) is 4. The summed E-state index contributed by atoms with van der Waals surface area (Å²) in [6.45, 7) is 0. The van der Waals surface area contributed by atoms with Gasteiger partial charge in [-0.2, -0.15) is 0 Å². The minimum absolute atomic E-state index is 0.181. The fourth-order valence-electron chi connectivity index (χ4n) is 1.63. The van der Waals surface area contributed by atoms with Crippen molar-refractivity contribution in [2.45, 2.75) is 4.90 Å². The number of halogens is 2. The lowest BCUT2D eigenvalue weighted by atomic mass is 10.2. The van der Waals surface area contributed by atoms with Gasteiger partial charge in [-0.05, 0) is 46.3 Å². The average Bonchev–Trinajstić information content (AvgIpc) is 2.43. The fourth-order valence-corrected chi connectivity index (χ4v) is 2.94. The first-order valence-corrected chi connectivity index (χ1v) is 8.02. The molecule has 0 radical (unpaired) electrons. The molecular formula is C13H12BrFN2O3S. The molecule has 0 aliphatic carbocycles. The van der Waals surface area contributed by atoms with Crippen molar-refractivity contribution >= 4 is 37.3 Å². The highest BCUT2D eigenvalue weighted by Crippen LogP contribution is 2.27. The van der Waals surface area contributed by atoms with Crippen LogP contribution in [0.25, 0.3) is 0 Å². The molecule has 0 atom stereocenters. The Morgan fingerprint density at radius 1 is 1.24 bits per heavy atom. The third-order valence-corrected chi connectivity index (χ3v) is 4.71. The minimum Gasteiger partial charge on any atom is -0.495 e. The molecule has 0 saturated heterocycles. The van der Waals surface area contributed by atoms with Gasteiger partial charge in [0.25, 0.3) is 10.0 Å². The van der Waals surface area contributed by atoms with Crippen molar-refractivity contribution in [2.24, 2.45) is 0 Å². The fraction of sp³-hybridized carbons (Fsp3) is 0.0769. The van der Waals surface area contributed by atoms with Crippen LogP contribution in [0.4, 0.5) is 15.8 Å². The van der Waals surface area contributed by atoms with Crippen LogP contribution in [0, 0.1) is 5.82 Å². The van der Waals surface area contributed by atoms with Gasteiger partial charge in [-0.15, -0.1) is 0 Å². The Balaban J connectivity index is 2.35. The van der Waals surface area contributed by atoms with Crippen LogP contribution in [0.1, 0.15) is 0 Å². The normalized spacial score (nSPS) is 11.2. The van der Waals surface area contributed by atoms with Gasteiger partial charge in [0.05, 0.1) is 27.9 Å². The third kappa shape index (κ3) is 3.45. The predicted molar refractivity (Wildman–Crippen MR) is 82.3 cm³/mol. The molecule has 0 saturated carbocycles. The maximum absolute atomic E-state index is 13.4. The molecule has 2 aromatic rings. The number of nitrogen functional groups attached to an aromatic ring is 1. The molecule has 8 heteroatoms. The second-order valence-corrected chi connectivity index (χ2v) is 6.67. The summed E-state index contributed by atoms with van der Waals surface area (Å²) in [7, 11) is -2.47. The van der Waals surface area contributed by atoms with Gasteiger partial charge in [-0.3, -0.25) is 4.72 Å². The Morgan fingerprint density at radius 3 is 2.57 bits per heavy atom. The molecule has 0 amide bonds. The van der Waals surface area contributed by atoms with E-state index in [1.165, 1.54) is 37.4 Å². The van der Waals surface area contributed by atoms with E-state index in [9.17, 15) is 12.8 Å². The van der Waals surface area contributed by atoms with E-state index in [0.29, 0.717) is 11.4 Å². The van der Waals surface area contributed by atoms with Crippen molar-refractivity contribution in [3.63, 3.8) is 0 Å². The van der Waals surface area contributed by atoms with Crippen molar-refractivity contribution in [1.29, 1.82) is 0 Å². The maximum atomic E-state index is 13.4. The molecule has 0 fully saturated rings. The zero-order valence-electron chi connectivity index (χ0n) is 10.9. The average molecular weight is 375 g/mol. The van der Waals surface area contributed by atoms with Gasteiger partial charge in [0.15, 0.2) is 0 Å². The van der Waals surface area contributed by atoms with E-state index >= 15 is 0 Å². The van der Waals surface area contributed by atoms with Crippen LogP contribution in [0.2, 0.25) is 0 Å². The molecule has 0 bridgehead atoms. The lowest BCUT2D eigenvalue weighted by molar-refractivity contribution is 0.417. The topological polar surface area (TPSA) is 81.4 Å². The molecule has 2 rings (SSSR count). The largest absolute Gasteiger partial charge is 0.495 e. The second kappa shape index (κ2) is 5.90. The highest BCUT2D eigenvalue weighted by molar-refractivity contribution is 9.10. The summed E-state index contributed by atoms with van der Waals surface area (Å²) in [5, 5.41) is 0. The van der Waals surface area contributed by atoms with Gasteiger partial charge >= 0.3 is 0 Å². The molecule has 112 valence electrons. The summed E-state index contributed by atoms with van der Waals surface area (Å²) in [6.07, 6.45) is 0. The van der Waals surface area contributed by atoms with E-state index in [1.54, 1.807) is 0 Å².